The van der Waals surface area contributed by atoms with Crippen molar-refractivity contribution in [3.8, 4) is 0 Å². The van der Waals surface area contributed by atoms with Crippen LogP contribution in [0.15, 0.2) is 18.3 Å². The lowest BCUT2D eigenvalue weighted by atomic mass is 10.2. The van der Waals surface area contributed by atoms with E-state index in [-0.39, 0.29) is 18.1 Å². The van der Waals surface area contributed by atoms with E-state index in [0.717, 1.165) is 24.6 Å². The number of sulfone groups is 1. The molecule has 0 aliphatic heterocycles. The number of nitrogens with zero attached hydrogens (tertiary/aromatic N) is 1. The quantitative estimate of drug-likeness (QED) is 0.900. The minimum Gasteiger partial charge on any atom is -0.369 e. The van der Waals surface area contributed by atoms with Crippen LogP contribution in [0.1, 0.15) is 5.56 Å². The molecule has 4 nitrogen and oxygen atoms in total. The van der Waals surface area contributed by atoms with Crippen LogP contribution >= 0.6 is 0 Å². The van der Waals surface area contributed by atoms with Gasteiger partial charge >= 0.3 is 6.18 Å². The number of aromatic nitrogens is 1. The van der Waals surface area contributed by atoms with Gasteiger partial charge in [-0.2, -0.15) is 13.2 Å². The summed E-state index contributed by atoms with van der Waals surface area (Å²) in [6.45, 7) is 0.0210. The van der Waals surface area contributed by atoms with E-state index in [4.69, 9.17) is 0 Å². The van der Waals surface area contributed by atoms with Crippen LogP contribution in [0.5, 0.6) is 0 Å². The number of anilines is 1. The molecule has 1 heterocycles. The summed E-state index contributed by atoms with van der Waals surface area (Å²) < 4.78 is 58.6. The molecular weight excluding hydrogens is 257 g/mol. The van der Waals surface area contributed by atoms with Crippen molar-refractivity contribution in [3.63, 3.8) is 0 Å². The minimum atomic E-state index is -4.43. The van der Waals surface area contributed by atoms with E-state index in [1.54, 1.807) is 0 Å². The van der Waals surface area contributed by atoms with Gasteiger partial charge < -0.3 is 5.32 Å². The van der Waals surface area contributed by atoms with Crippen LogP contribution in [-0.2, 0) is 16.0 Å². The molecule has 0 saturated carbocycles. The lowest BCUT2D eigenvalue weighted by Crippen LogP contribution is -2.15. The number of hydrogen-bond acceptors (Lipinski definition) is 4. The Morgan fingerprint density at radius 1 is 1.41 bits per heavy atom. The first-order valence-corrected chi connectivity index (χ1v) is 6.69. The van der Waals surface area contributed by atoms with Crippen LogP contribution in [0, 0.1) is 0 Å². The second kappa shape index (κ2) is 4.91. The molecule has 8 heteroatoms. The van der Waals surface area contributed by atoms with Crippen LogP contribution in [0.2, 0.25) is 0 Å². The monoisotopic (exact) mass is 268 g/mol. The van der Waals surface area contributed by atoms with Gasteiger partial charge in [-0.05, 0) is 12.1 Å². The van der Waals surface area contributed by atoms with Gasteiger partial charge in [0.05, 0.1) is 11.3 Å². The second-order valence-electron chi connectivity index (χ2n) is 3.48. The lowest BCUT2D eigenvalue weighted by Gasteiger charge is -2.09. The highest BCUT2D eigenvalue weighted by molar-refractivity contribution is 7.90. The smallest absolute Gasteiger partial charge is 0.369 e. The number of hydrogen-bond donors (Lipinski definition) is 1. The summed E-state index contributed by atoms with van der Waals surface area (Å²) in [6, 6.07) is 1.68. The molecule has 0 amide bonds. The fourth-order valence-corrected chi connectivity index (χ4v) is 1.54. The van der Waals surface area contributed by atoms with E-state index < -0.39 is 21.6 Å². The topological polar surface area (TPSA) is 59.1 Å². The third-order valence-corrected chi connectivity index (χ3v) is 2.81. The van der Waals surface area contributed by atoms with Gasteiger partial charge in [-0.15, -0.1) is 0 Å². The van der Waals surface area contributed by atoms with E-state index in [1.165, 1.54) is 0 Å². The molecule has 1 aromatic rings. The van der Waals surface area contributed by atoms with E-state index in [2.05, 4.69) is 10.3 Å². The molecule has 0 aromatic carbocycles. The fraction of sp³-hybridized carbons (Fsp3) is 0.444. The third kappa shape index (κ3) is 5.03. The molecule has 0 fully saturated rings. The Hall–Kier alpha value is -1.31. The Kier molecular flexibility index (Phi) is 3.97. The Morgan fingerprint density at radius 3 is 2.59 bits per heavy atom. The highest BCUT2D eigenvalue weighted by atomic mass is 32.2. The molecule has 0 bridgehead atoms. The maximum Gasteiger partial charge on any atom is 0.416 e. The molecule has 1 N–H and O–H groups in total. The fourth-order valence-electron chi connectivity index (χ4n) is 1.07. The highest BCUT2D eigenvalue weighted by Crippen LogP contribution is 2.29. The Bertz CT molecular complexity index is 485. The van der Waals surface area contributed by atoms with Crippen molar-refractivity contribution in [1.29, 1.82) is 0 Å². The van der Waals surface area contributed by atoms with E-state index in [0.29, 0.717) is 0 Å². The normalized spacial score (nSPS) is 12.5. The van der Waals surface area contributed by atoms with E-state index >= 15 is 0 Å². The predicted octanol–water partition coefficient (Wildman–Crippen LogP) is 1.56. The van der Waals surface area contributed by atoms with Crippen LogP contribution in [0.3, 0.4) is 0 Å². The summed E-state index contributed by atoms with van der Waals surface area (Å²) in [7, 11) is -3.15. The van der Waals surface area contributed by atoms with Crippen molar-refractivity contribution in [3.05, 3.63) is 23.9 Å². The lowest BCUT2D eigenvalue weighted by molar-refractivity contribution is -0.137. The van der Waals surface area contributed by atoms with E-state index in [1.807, 2.05) is 0 Å². The van der Waals surface area contributed by atoms with Gasteiger partial charge in [0.2, 0.25) is 0 Å². The minimum absolute atomic E-state index is 0.00322. The first-order chi connectivity index (χ1) is 7.68. The van der Waals surface area contributed by atoms with Gasteiger partial charge in [-0.1, -0.05) is 0 Å². The molecule has 0 aliphatic rings. The second-order valence-corrected chi connectivity index (χ2v) is 5.74. The summed E-state index contributed by atoms with van der Waals surface area (Å²) in [4.78, 5) is 3.67. The molecule has 0 unspecified atom stereocenters. The standard InChI is InChI=1S/C9H11F3N2O2S/c1-17(15,16)5-4-14-8-6-7(2-3-13-8)9(10,11)12/h2-3,6H,4-5H2,1H3,(H,13,14). The first-order valence-electron chi connectivity index (χ1n) is 4.63. The molecule has 1 rings (SSSR count). The van der Waals surface area contributed by atoms with Gasteiger partial charge in [0.25, 0.3) is 0 Å². The van der Waals surface area contributed by atoms with Gasteiger partial charge in [-0.3, -0.25) is 0 Å². The van der Waals surface area contributed by atoms with Crippen LogP contribution in [0.25, 0.3) is 0 Å². The summed E-state index contributed by atoms with van der Waals surface area (Å²) in [5.41, 5.74) is -0.825. The average Bonchev–Trinajstić information content (AvgIpc) is 2.15. The highest BCUT2D eigenvalue weighted by Gasteiger charge is 2.30. The summed E-state index contributed by atoms with van der Waals surface area (Å²) in [5, 5.41) is 2.52. The van der Waals surface area contributed by atoms with Crippen LogP contribution in [-0.4, -0.2) is 32.0 Å². The van der Waals surface area contributed by atoms with Crippen LogP contribution in [0.4, 0.5) is 19.0 Å². The first kappa shape index (κ1) is 13.8. The predicted molar refractivity (Wildman–Crippen MR) is 57.4 cm³/mol. The van der Waals surface area contributed by atoms with Gasteiger partial charge in [0.15, 0.2) is 0 Å². The number of halogens is 3. The summed E-state index contributed by atoms with van der Waals surface area (Å²) in [6.07, 6.45) is -2.37. The molecule has 0 atom stereocenters. The Balaban J connectivity index is 2.67. The maximum atomic E-state index is 12.3. The van der Waals surface area contributed by atoms with Gasteiger partial charge in [-0.25, -0.2) is 13.4 Å². The van der Waals surface area contributed by atoms with Crippen molar-refractivity contribution in [2.45, 2.75) is 6.18 Å². The van der Waals surface area contributed by atoms with Crippen molar-refractivity contribution < 1.29 is 21.6 Å². The van der Waals surface area contributed by atoms with Crippen LogP contribution < -0.4 is 5.32 Å². The number of alkyl halides is 3. The number of pyridine rings is 1. The molecule has 17 heavy (non-hydrogen) atoms. The molecule has 1 aromatic heterocycles. The maximum absolute atomic E-state index is 12.3. The molecule has 96 valence electrons. The molecular formula is C9H11F3N2O2S. The zero-order valence-corrected chi connectivity index (χ0v) is 9.77. The zero-order valence-electron chi connectivity index (χ0n) is 8.95. The molecule has 0 saturated heterocycles. The number of rotatable bonds is 4. The number of nitrogens with one attached hydrogen (secondary N) is 1. The third-order valence-electron chi connectivity index (χ3n) is 1.87. The average molecular weight is 268 g/mol. The zero-order chi connectivity index (χ0) is 13.1. The summed E-state index contributed by atoms with van der Waals surface area (Å²) >= 11 is 0. The van der Waals surface area contributed by atoms with E-state index in [9.17, 15) is 21.6 Å². The summed E-state index contributed by atoms with van der Waals surface area (Å²) in [5.74, 6) is -0.159. The van der Waals surface area contributed by atoms with Crippen molar-refractivity contribution in [2.75, 3.05) is 23.9 Å². The molecule has 0 aliphatic carbocycles. The SMILES string of the molecule is CS(=O)(=O)CCNc1cc(C(F)(F)F)ccn1. The Labute approximate surface area is 96.8 Å². The van der Waals surface area contributed by atoms with Crippen molar-refractivity contribution >= 4 is 15.7 Å². The van der Waals surface area contributed by atoms with Gasteiger partial charge in [0, 0.05) is 19.0 Å². The molecule has 0 radical (unpaired) electrons. The van der Waals surface area contributed by atoms with Crippen molar-refractivity contribution in [2.24, 2.45) is 0 Å². The molecule has 0 spiro atoms. The Morgan fingerprint density at radius 2 is 2.06 bits per heavy atom. The van der Waals surface area contributed by atoms with Gasteiger partial charge in [0.1, 0.15) is 15.7 Å². The van der Waals surface area contributed by atoms with Crippen molar-refractivity contribution in [1.82, 2.24) is 4.98 Å². The largest absolute Gasteiger partial charge is 0.416 e.